The lowest BCUT2D eigenvalue weighted by Crippen LogP contribution is -2.13. The molecule has 0 spiro atoms. The van der Waals surface area contributed by atoms with Gasteiger partial charge in [-0.25, -0.2) is 0 Å². The number of aliphatic hydroxyl groups is 1. The summed E-state index contributed by atoms with van der Waals surface area (Å²) in [6.07, 6.45) is 1.52. The topological polar surface area (TPSA) is 20.2 Å². The van der Waals surface area contributed by atoms with Gasteiger partial charge >= 0.3 is 0 Å². The molecule has 0 aromatic heterocycles. The summed E-state index contributed by atoms with van der Waals surface area (Å²) in [5.74, 6) is 0.496. The summed E-state index contributed by atoms with van der Waals surface area (Å²) in [5, 5.41) is 13.1. The Hall–Kier alpha value is -1.05. The van der Waals surface area contributed by atoms with E-state index in [4.69, 9.17) is 11.6 Å². The first-order valence-corrected chi connectivity index (χ1v) is 6.45. The third-order valence-corrected chi connectivity index (χ3v) is 4.11. The van der Waals surface area contributed by atoms with Crippen molar-refractivity contribution >= 4 is 22.4 Å². The Bertz CT molecular complexity index is 576. The van der Waals surface area contributed by atoms with Crippen LogP contribution in [-0.4, -0.2) is 5.11 Å². The van der Waals surface area contributed by atoms with E-state index < -0.39 is 0 Å². The van der Waals surface area contributed by atoms with Crippen LogP contribution in [0.15, 0.2) is 30.3 Å². The van der Waals surface area contributed by atoms with E-state index in [0.29, 0.717) is 5.92 Å². The molecule has 1 aliphatic rings. The summed E-state index contributed by atoms with van der Waals surface area (Å²) >= 11 is 6.30. The third kappa shape index (κ3) is 1.65. The van der Waals surface area contributed by atoms with Gasteiger partial charge in [0.15, 0.2) is 0 Å². The molecular weight excluding hydrogens is 232 g/mol. The van der Waals surface area contributed by atoms with Gasteiger partial charge in [-0.05, 0) is 41.3 Å². The monoisotopic (exact) mass is 246 g/mol. The first kappa shape index (κ1) is 11.1. The van der Waals surface area contributed by atoms with Gasteiger partial charge in [0.2, 0.25) is 0 Å². The Kier molecular flexibility index (Phi) is 2.61. The van der Waals surface area contributed by atoms with Crippen LogP contribution in [0.1, 0.15) is 42.9 Å². The van der Waals surface area contributed by atoms with E-state index >= 15 is 0 Å². The highest BCUT2D eigenvalue weighted by Crippen LogP contribution is 2.43. The van der Waals surface area contributed by atoms with Crippen LogP contribution >= 0.6 is 11.6 Å². The van der Waals surface area contributed by atoms with Gasteiger partial charge in [0, 0.05) is 10.4 Å². The van der Waals surface area contributed by atoms with E-state index in [0.717, 1.165) is 28.8 Å². The van der Waals surface area contributed by atoms with E-state index in [1.165, 1.54) is 10.9 Å². The van der Waals surface area contributed by atoms with Crippen LogP contribution in [0.4, 0.5) is 0 Å². The van der Waals surface area contributed by atoms with Gasteiger partial charge in [-0.1, -0.05) is 42.8 Å². The average molecular weight is 247 g/mol. The zero-order chi connectivity index (χ0) is 12.0. The Morgan fingerprint density at radius 2 is 1.88 bits per heavy atom. The van der Waals surface area contributed by atoms with Gasteiger partial charge in [0.25, 0.3) is 0 Å². The fraction of sp³-hybridized carbons (Fsp3) is 0.333. The molecule has 0 bridgehead atoms. The van der Waals surface area contributed by atoms with Crippen molar-refractivity contribution in [3.8, 4) is 0 Å². The SMILES string of the molecule is CC1CC[C@@H](O)c2cc(Cl)c3ccccc3c21. The largest absolute Gasteiger partial charge is 0.388 e. The van der Waals surface area contributed by atoms with E-state index in [1.807, 2.05) is 24.3 Å². The summed E-state index contributed by atoms with van der Waals surface area (Å²) in [4.78, 5) is 0. The number of hydrogen-bond donors (Lipinski definition) is 1. The van der Waals surface area contributed by atoms with E-state index in [9.17, 15) is 5.11 Å². The van der Waals surface area contributed by atoms with E-state index in [2.05, 4.69) is 13.0 Å². The fourth-order valence-electron chi connectivity index (χ4n) is 2.91. The van der Waals surface area contributed by atoms with E-state index in [1.54, 1.807) is 0 Å². The molecule has 2 aromatic carbocycles. The third-order valence-electron chi connectivity index (χ3n) is 3.79. The van der Waals surface area contributed by atoms with Crippen LogP contribution in [0.25, 0.3) is 10.8 Å². The molecule has 88 valence electrons. The van der Waals surface area contributed by atoms with Crippen molar-refractivity contribution in [2.45, 2.75) is 31.8 Å². The molecule has 0 saturated heterocycles. The Labute approximate surface area is 106 Å². The lowest BCUT2D eigenvalue weighted by molar-refractivity contribution is 0.152. The van der Waals surface area contributed by atoms with Crippen LogP contribution in [-0.2, 0) is 0 Å². The maximum Gasteiger partial charge on any atom is 0.0793 e. The lowest BCUT2D eigenvalue weighted by atomic mass is 9.79. The van der Waals surface area contributed by atoms with Crippen LogP contribution in [0.5, 0.6) is 0 Å². The van der Waals surface area contributed by atoms with Crippen LogP contribution in [0.3, 0.4) is 0 Å². The quantitative estimate of drug-likeness (QED) is 0.729. The van der Waals surface area contributed by atoms with Crippen molar-refractivity contribution in [2.24, 2.45) is 0 Å². The number of hydrogen-bond acceptors (Lipinski definition) is 1. The molecule has 2 aromatic rings. The van der Waals surface area contributed by atoms with Gasteiger partial charge in [0.05, 0.1) is 6.10 Å². The average Bonchev–Trinajstić information content (AvgIpc) is 2.34. The maximum atomic E-state index is 10.1. The zero-order valence-electron chi connectivity index (χ0n) is 9.78. The second-order valence-corrected chi connectivity index (χ2v) is 5.31. The van der Waals surface area contributed by atoms with Crippen LogP contribution in [0, 0.1) is 0 Å². The molecule has 0 saturated carbocycles. The number of fused-ring (bicyclic) bond motifs is 3. The number of rotatable bonds is 0. The molecule has 0 aliphatic heterocycles. The highest BCUT2D eigenvalue weighted by atomic mass is 35.5. The molecule has 1 aliphatic carbocycles. The van der Waals surface area contributed by atoms with Gasteiger partial charge < -0.3 is 5.11 Å². The van der Waals surface area contributed by atoms with Crippen LogP contribution < -0.4 is 0 Å². The molecular formula is C15H15ClO. The minimum atomic E-state index is -0.358. The number of benzene rings is 2. The molecule has 0 fully saturated rings. The molecule has 3 rings (SSSR count). The summed E-state index contributed by atoms with van der Waals surface area (Å²) in [6.45, 7) is 2.23. The van der Waals surface area contributed by atoms with Crippen molar-refractivity contribution < 1.29 is 5.11 Å². The van der Waals surface area contributed by atoms with Gasteiger partial charge in [0.1, 0.15) is 0 Å². The maximum absolute atomic E-state index is 10.1. The number of halogens is 1. The van der Waals surface area contributed by atoms with Crippen molar-refractivity contribution in [3.63, 3.8) is 0 Å². The Morgan fingerprint density at radius 1 is 1.18 bits per heavy atom. The summed E-state index contributed by atoms with van der Waals surface area (Å²) < 4.78 is 0. The van der Waals surface area contributed by atoms with Crippen molar-refractivity contribution in [1.29, 1.82) is 0 Å². The molecule has 0 heterocycles. The fourth-order valence-corrected chi connectivity index (χ4v) is 3.19. The second kappa shape index (κ2) is 4.01. The van der Waals surface area contributed by atoms with Gasteiger partial charge in [-0.3, -0.25) is 0 Å². The standard InChI is InChI=1S/C15H15ClO/c1-9-6-7-14(17)12-8-13(16)10-4-2-3-5-11(10)15(9)12/h2-5,8-9,14,17H,6-7H2,1H3/t9?,14-/m1/s1. The number of aliphatic hydroxyl groups excluding tert-OH is 1. The van der Waals surface area contributed by atoms with Crippen molar-refractivity contribution in [1.82, 2.24) is 0 Å². The summed E-state index contributed by atoms with van der Waals surface area (Å²) in [7, 11) is 0. The second-order valence-electron chi connectivity index (χ2n) is 4.90. The zero-order valence-corrected chi connectivity index (χ0v) is 10.5. The first-order valence-electron chi connectivity index (χ1n) is 6.07. The molecule has 1 nitrogen and oxygen atoms in total. The van der Waals surface area contributed by atoms with E-state index in [-0.39, 0.29) is 6.10 Å². The lowest BCUT2D eigenvalue weighted by Gasteiger charge is -2.28. The van der Waals surface area contributed by atoms with Crippen molar-refractivity contribution in [2.75, 3.05) is 0 Å². The highest BCUT2D eigenvalue weighted by Gasteiger charge is 2.25. The Morgan fingerprint density at radius 3 is 2.65 bits per heavy atom. The highest BCUT2D eigenvalue weighted by molar-refractivity contribution is 6.35. The molecule has 1 unspecified atom stereocenters. The van der Waals surface area contributed by atoms with Crippen LogP contribution in [0.2, 0.25) is 5.02 Å². The van der Waals surface area contributed by atoms with Gasteiger partial charge in [-0.15, -0.1) is 0 Å². The minimum Gasteiger partial charge on any atom is -0.388 e. The molecule has 2 heteroatoms. The normalized spacial score (nSPS) is 23.7. The van der Waals surface area contributed by atoms with Gasteiger partial charge in [-0.2, -0.15) is 0 Å². The first-order chi connectivity index (χ1) is 8.18. The summed E-state index contributed by atoms with van der Waals surface area (Å²) in [6, 6.07) is 10.1. The molecule has 0 amide bonds. The predicted octanol–water partition coefficient (Wildman–Crippen LogP) is 4.42. The minimum absolute atomic E-state index is 0.358. The Balaban J connectivity index is 2.41. The smallest absolute Gasteiger partial charge is 0.0793 e. The molecule has 2 atom stereocenters. The predicted molar refractivity (Wildman–Crippen MR) is 71.6 cm³/mol. The molecule has 17 heavy (non-hydrogen) atoms. The molecule has 1 N–H and O–H groups in total. The molecule has 0 radical (unpaired) electrons. The van der Waals surface area contributed by atoms with Crippen molar-refractivity contribution in [3.05, 3.63) is 46.5 Å². The summed E-state index contributed by atoms with van der Waals surface area (Å²) in [5.41, 5.74) is 2.30.